The van der Waals surface area contributed by atoms with Crippen molar-refractivity contribution >= 4 is 10.0 Å². The zero-order valence-corrected chi connectivity index (χ0v) is 9.24. The molecule has 0 aliphatic heterocycles. The quantitative estimate of drug-likeness (QED) is 0.743. The van der Waals surface area contributed by atoms with Crippen LogP contribution in [0.15, 0.2) is 11.0 Å². The molecule has 0 bridgehead atoms. The fraction of sp³-hybridized carbons (Fsp3) is 0.778. The second-order valence-electron chi connectivity index (χ2n) is 4.42. The lowest BCUT2D eigenvalue weighted by Crippen LogP contribution is -2.40. The number of hydrogen-bond acceptors (Lipinski definition) is 2. The molecule has 1 aliphatic rings. The van der Waals surface area contributed by atoms with Gasteiger partial charge in [-0.25, -0.2) is 13.1 Å². The fourth-order valence-electron chi connectivity index (χ4n) is 1.35. The molecule has 1 aliphatic carbocycles. The number of rotatable bonds is 2. The standard InChI is InChI=1S/C9H17NO2S/c1-9(2,3)10-13(11,12)8-6-4-5-7-8/h6,10H,4-5,7H2,1-3H3. The zero-order valence-electron chi connectivity index (χ0n) is 8.42. The van der Waals surface area contributed by atoms with Gasteiger partial charge < -0.3 is 0 Å². The van der Waals surface area contributed by atoms with Crippen LogP contribution in [0.4, 0.5) is 0 Å². The molecule has 4 heteroatoms. The third kappa shape index (κ3) is 3.12. The van der Waals surface area contributed by atoms with Crippen LogP contribution in [-0.2, 0) is 10.0 Å². The van der Waals surface area contributed by atoms with Crippen molar-refractivity contribution in [2.75, 3.05) is 0 Å². The van der Waals surface area contributed by atoms with E-state index < -0.39 is 10.0 Å². The molecule has 1 rings (SSSR count). The normalized spacial score (nSPS) is 18.8. The molecular weight excluding hydrogens is 186 g/mol. The zero-order chi connectivity index (χ0) is 10.1. The van der Waals surface area contributed by atoms with Gasteiger partial charge in [0.15, 0.2) is 0 Å². The average Bonchev–Trinajstić information content (AvgIpc) is 2.29. The Labute approximate surface area is 80.3 Å². The van der Waals surface area contributed by atoms with Crippen molar-refractivity contribution in [1.82, 2.24) is 4.72 Å². The first kappa shape index (κ1) is 10.7. The summed E-state index contributed by atoms with van der Waals surface area (Å²) in [5.41, 5.74) is -0.387. The summed E-state index contributed by atoms with van der Waals surface area (Å²) in [4.78, 5) is 0.558. The van der Waals surface area contributed by atoms with Crippen molar-refractivity contribution in [3.63, 3.8) is 0 Å². The highest BCUT2D eigenvalue weighted by atomic mass is 32.2. The summed E-state index contributed by atoms with van der Waals surface area (Å²) in [7, 11) is -3.21. The van der Waals surface area contributed by atoms with Gasteiger partial charge in [0, 0.05) is 5.54 Å². The van der Waals surface area contributed by atoms with Crippen molar-refractivity contribution in [2.45, 2.75) is 45.6 Å². The van der Waals surface area contributed by atoms with Gasteiger partial charge in [-0.15, -0.1) is 0 Å². The molecule has 0 unspecified atom stereocenters. The first-order valence-corrected chi connectivity index (χ1v) is 6.03. The van der Waals surface area contributed by atoms with Gasteiger partial charge in [-0.2, -0.15) is 0 Å². The lowest BCUT2D eigenvalue weighted by Gasteiger charge is -2.20. The number of allylic oxidation sites excluding steroid dienone is 2. The fourth-order valence-corrected chi connectivity index (χ4v) is 3.04. The maximum Gasteiger partial charge on any atom is 0.236 e. The predicted octanol–water partition coefficient (Wildman–Crippen LogP) is 1.77. The molecule has 0 spiro atoms. The van der Waals surface area contributed by atoms with Crippen LogP contribution in [0.2, 0.25) is 0 Å². The van der Waals surface area contributed by atoms with Gasteiger partial charge in [0.25, 0.3) is 0 Å². The summed E-state index contributed by atoms with van der Waals surface area (Å²) >= 11 is 0. The summed E-state index contributed by atoms with van der Waals surface area (Å²) in [6.45, 7) is 5.54. The van der Waals surface area contributed by atoms with Crippen LogP contribution in [0.25, 0.3) is 0 Å². The highest BCUT2D eigenvalue weighted by Crippen LogP contribution is 2.23. The van der Waals surface area contributed by atoms with E-state index in [4.69, 9.17) is 0 Å². The van der Waals surface area contributed by atoms with Gasteiger partial charge in [0.2, 0.25) is 10.0 Å². The number of nitrogens with one attached hydrogen (secondary N) is 1. The maximum atomic E-state index is 11.7. The molecule has 0 aromatic rings. The number of sulfonamides is 1. The van der Waals surface area contributed by atoms with Crippen LogP contribution in [-0.4, -0.2) is 14.0 Å². The van der Waals surface area contributed by atoms with Gasteiger partial charge >= 0.3 is 0 Å². The van der Waals surface area contributed by atoms with Crippen LogP contribution in [0, 0.1) is 0 Å². The van der Waals surface area contributed by atoms with Crippen LogP contribution in [0.1, 0.15) is 40.0 Å². The first-order chi connectivity index (χ1) is 5.81. The largest absolute Gasteiger partial charge is 0.236 e. The Morgan fingerprint density at radius 2 is 2.00 bits per heavy atom. The topological polar surface area (TPSA) is 46.2 Å². The molecule has 13 heavy (non-hydrogen) atoms. The third-order valence-electron chi connectivity index (χ3n) is 1.79. The first-order valence-electron chi connectivity index (χ1n) is 4.54. The minimum absolute atomic E-state index is 0.387. The smallest absolute Gasteiger partial charge is 0.207 e. The SMILES string of the molecule is CC(C)(C)NS(=O)(=O)C1=CCCC1. The van der Waals surface area contributed by atoms with Crippen molar-refractivity contribution in [2.24, 2.45) is 0 Å². The van der Waals surface area contributed by atoms with E-state index in [-0.39, 0.29) is 5.54 Å². The summed E-state index contributed by atoms with van der Waals surface area (Å²) in [5.74, 6) is 0. The molecule has 3 nitrogen and oxygen atoms in total. The van der Waals surface area contributed by atoms with Gasteiger partial charge in [0.1, 0.15) is 0 Å². The molecule has 0 saturated carbocycles. The Bertz CT molecular complexity index is 309. The summed E-state index contributed by atoms with van der Waals surface area (Å²) < 4.78 is 26.0. The van der Waals surface area contributed by atoms with E-state index >= 15 is 0 Å². The Balaban J connectivity index is 2.78. The Hall–Kier alpha value is -0.350. The molecule has 0 amide bonds. The Kier molecular flexibility index (Phi) is 2.82. The van der Waals surface area contributed by atoms with Crippen LogP contribution >= 0.6 is 0 Å². The minimum atomic E-state index is -3.21. The Morgan fingerprint density at radius 3 is 2.38 bits per heavy atom. The third-order valence-corrected chi connectivity index (χ3v) is 3.73. The number of hydrogen-bond donors (Lipinski definition) is 1. The minimum Gasteiger partial charge on any atom is -0.207 e. The summed E-state index contributed by atoms with van der Waals surface area (Å²) in [6, 6.07) is 0. The van der Waals surface area contributed by atoms with E-state index in [1.54, 1.807) is 0 Å². The molecule has 0 aromatic heterocycles. The Morgan fingerprint density at radius 1 is 1.38 bits per heavy atom. The molecule has 0 radical (unpaired) electrons. The van der Waals surface area contributed by atoms with E-state index in [1.807, 2.05) is 26.8 Å². The monoisotopic (exact) mass is 203 g/mol. The summed E-state index contributed by atoms with van der Waals surface area (Å²) in [6.07, 6.45) is 4.35. The second kappa shape index (κ2) is 3.42. The molecular formula is C9H17NO2S. The lowest BCUT2D eigenvalue weighted by molar-refractivity contribution is 0.494. The molecule has 0 aromatic carbocycles. The van der Waals surface area contributed by atoms with Crippen molar-refractivity contribution in [1.29, 1.82) is 0 Å². The van der Waals surface area contributed by atoms with E-state index in [0.29, 0.717) is 11.3 Å². The maximum absolute atomic E-state index is 11.7. The predicted molar refractivity (Wildman–Crippen MR) is 53.7 cm³/mol. The van der Waals surface area contributed by atoms with E-state index in [9.17, 15) is 8.42 Å². The van der Waals surface area contributed by atoms with E-state index in [0.717, 1.165) is 12.8 Å². The van der Waals surface area contributed by atoms with Crippen LogP contribution < -0.4 is 4.72 Å². The lowest BCUT2D eigenvalue weighted by atomic mass is 10.1. The van der Waals surface area contributed by atoms with E-state index in [2.05, 4.69) is 4.72 Å². The van der Waals surface area contributed by atoms with Crippen molar-refractivity contribution < 1.29 is 8.42 Å². The van der Waals surface area contributed by atoms with Gasteiger partial charge in [-0.3, -0.25) is 0 Å². The summed E-state index contributed by atoms with van der Waals surface area (Å²) in [5, 5.41) is 0. The highest BCUT2D eigenvalue weighted by molar-refractivity contribution is 7.93. The van der Waals surface area contributed by atoms with Crippen molar-refractivity contribution in [3.8, 4) is 0 Å². The molecule has 0 atom stereocenters. The van der Waals surface area contributed by atoms with Gasteiger partial charge in [0.05, 0.1) is 4.91 Å². The van der Waals surface area contributed by atoms with Gasteiger partial charge in [-0.1, -0.05) is 6.08 Å². The highest BCUT2D eigenvalue weighted by Gasteiger charge is 2.25. The molecule has 76 valence electrons. The second-order valence-corrected chi connectivity index (χ2v) is 6.15. The molecule has 1 N–H and O–H groups in total. The molecule has 0 fully saturated rings. The van der Waals surface area contributed by atoms with Crippen LogP contribution in [0.3, 0.4) is 0 Å². The average molecular weight is 203 g/mol. The van der Waals surface area contributed by atoms with Crippen molar-refractivity contribution in [3.05, 3.63) is 11.0 Å². The van der Waals surface area contributed by atoms with Crippen LogP contribution in [0.5, 0.6) is 0 Å². The van der Waals surface area contributed by atoms with Gasteiger partial charge in [-0.05, 0) is 40.0 Å². The molecule has 0 heterocycles. The van der Waals surface area contributed by atoms with E-state index in [1.165, 1.54) is 0 Å². The molecule has 0 saturated heterocycles.